The maximum absolute atomic E-state index is 11.7. The summed E-state index contributed by atoms with van der Waals surface area (Å²) < 4.78 is 0. The number of carbonyl (C=O) groups is 2. The highest BCUT2D eigenvalue weighted by atomic mass is 35.5. The molecule has 1 saturated heterocycles. The highest BCUT2D eigenvalue weighted by Gasteiger charge is 2.27. The molecule has 1 aliphatic rings. The Labute approximate surface area is 97.2 Å². The van der Waals surface area contributed by atoms with Gasteiger partial charge in [0.15, 0.2) is 5.82 Å². The fourth-order valence-electron chi connectivity index (χ4n) is 1.49. The van der Waals surface area contributed by atoms with Crippen LogP contribution < -0.4 is 10.6 Å². The van der Waals surface area contributed by atoms with E-state index in [1.165, 1.54) is 6.20 Å². The molecule has 0 bridgehead atoms. The Morgan fingerprint density at radius 2 is 2.44 bits per heavy atom. The lowest BCUT2D eigenvalue weighted by Gasteiger charge is -2.10. The second kappa shape index (κ2) is 4.49. The Kier molecular flexibility index (Phi) is 3.05. The van der Waals surface area contributed by atoms with E-state index < -0.39 is 6.04 Å². The smallest absolute Gasteiger partial charge is 0.248 e. The number of aromatic nitrogens is 1. The molecule has 0 aliphatic carbocycles. The summed E-state index contributed by atoms with van der Waals surface area (Å²) in [6, 6.07) is 2.83. The number of pyridine rings is 1. The van der Waals surface area contributed by atoms with Gasteiger partial charge in [0.1, 0.15) is 6.04 Å². The number of rotatable bonds is 2. The molecule has 5 nitrogen and oxygen atoms in total. The molecule has 1 aliphatic heterocycles. The molecular weight excluding hydrogens is 230 g/mol. The van der Waals surface area contributed by atoms with Gasteiger partial charge in [-0.3, -0.25) is 9.59 Å². The van der Waals surface area contributed by atoms with Crippen molar-refractivity contribution in [1.29, 1.82) is 0 Å². The summed E-state index contributed by atoms with van der Waals surface area (Å²) in [4.78, 5) is 26.6. The molecule has 2 amide bonds. The Balaban J connectivity index is 2.03. The SMILES string of the molecule is O=C1CCC(C(=O)Nc2ncccc2Cl)N1. The molecule has 16 heavy (non-hydrogen) atoms. The summed E-state index contributed by atoms with van der Waals surface area (Å²) >= 11 is 5.84. The number of nitrogens with zero attached hydrogens (tertiary/aromatic N) is 1. The fraction of sp³-hybridized carbons (Fsp3) is 0.300. The number of nitrogens with one attached hydrogen (secondary N) is 2. The number of carbonyl (C=O) groups excluding carboxylic acids is 2. The van der Waals surface area contributed by atoms with E-state index in [0.717, 1.165) is 0 Å². The fourth-order valence-corrected chi connectivity index (χ4v) is 1.66. The number of anilines is 1. The topological polar surface area (TPSA) is 71.1 Å². The quantitative estimate of drug-likeness (QED) is 0.807. The highest BCUT2D eigenvalue weighted by Crippen LogP contribution is 2.18. The molecule has 2 N–H and O–H groups in total. The van der Waals surface area contributed by atoms with Crippen LogP contribution in [-0.2, 0) is 9.59 Å². The van der Waals surface area contributed by atoms with Crippen LogP contribution >= 0.6 is 11.6 Å². The molecule has 0 aromatic carbocycles. The van der Waals surface area contributed by atoms with E-state index in [9.17, 15) is 9.59 Å². The summed E-state index contributed by atoms with van der Waals surface area (Å²) in [5.41, 5.74) is 0. The third-order valence-electron chi connectivity index (χ3n) is 2.31. The standard InChI is InChI=1S/C10H10ClN3O2/c11-6-2-1-5-12-9(6)14-10(16)7-3-4-8(15)13-7/h1-2,5,7H,3-4H2,(H,13,15)(H,12,14,16). The first-order chi connectivity index (χ1) is 7.66. The van der Waals surface area contributed by atoms with E-state index in [0.29, 0.717) is 23.7 Å². The summed E-state index contributed by atoms with van der Waals surface area (Å²) in [7, 11) is 0. The van der Waals surface area contributed by atoms with E-state index in [1.54, 1.807) is 12.1 Å². The molecule has 6 heteroatoms. The van der Waals surface area contributed by atoms with Crippen molar-refractivity contribution in [3.05, 3.63) is 23.4 Å². The molecule has 2 heterocycles. The van der Waals surface area contributed by atoms with Gasteiger partial charge in [0, 0.05) is 12.6 Å². The van der Waals surface area contributed by atoms with Gasteiger partial charge in [-0.15, -0.1) is 0 Å². The van der Waals surface area contributed by atoms with E-state index in [4.69, 9.17) is 11.6 Å². The molecule has 1 aromatic rings. The summed E-state index contributed by atoms with van der Waals surface area (Å²) in [6.07, 6.45) is 2.43. The maximum atomic E-state index is 11.7. The number of hydrogen-bond acceptors (Lipinski definition) is 3. The number of halogens is 1. The summed E-state index contributed by atoms with van der Waals surface area (Å²) in [5, 5.41) is 5.52. The molecule has 84 valence electrons. The van der Waals surface area contributed by atoms with E-state index >= 15 is 0 Å². The van der Waals surface area contributed by atoms with E-state index in [2.05, 4.69) is 15.6 Å². The normalized spacial score (nSPS) is 19.3. The Morgan fingerprint density at radius 1 is 1.62 bits per heavy atom. The first-order valence-corrected chi connectivity index (χ1v) is 5.25. The third kappa shape index (κ3) is 2.30. The largest absolute Gasteiger partial charge is 0.344 e. The van der Waals surface area contributed by atoms with Gasteiger partial charge < -0.3 is 10.6 Å². The molecule has 0 saturated carbocycles. The van der Waals surface area contributed by atoms with Gasteiger partial charge in [-0.1, -0.05) is 11.6 Å². The zero-order valence-corrected chi connectivity index (χ0v) is 9.12. The molecule has 1 atom stereocenters. The van der Waals surface area contributed by atoms with E-state index in [1.807, 2.05) is 0 Å². The number of amides is 2. The van der Waals surface area contributed by atoms with E-state index in [-0.39, 0.29) is 11.8 Å². The van der Waals surface area contributed by atoms with Gasteiger partial charge in [-0.2, -0.15) is 0 Å². The zero-order chi connectivity index (χ0) is 11.5. The Morgan fingerprint density at radius 3 is 3.06 bits per heavy atom. The lowest BCUT2D eigenvalue weighted by molar-refractivity contribution is -0.122. The lowest BCUT2D eigenvalue weighted by atomic mass is 10.2. The second-order valence-corrected chi connectivity index (χ2v) is 3.89. The van der Waals surface area contributed by atoms with Crippen molar-refractivity contribution < 1.29 is 9.59 Å². The zero-order valence-electron chi connectivity index (χ0n) is 8.37. The van der Waals surface area contributed by atoms with Crippen molar-refractivity contribution in [1.82, 2.24) is 10.3 Å². The molecule has 2 rings (SSSR count). The van der Waals surface area contributed by atoms with Gasteiger partial charge in [0.2, 0.25) is 11.8 Å². The second-order valence-electron chi connectivity index (χ2n) is 3.48. The average molecular weight is 240 g/mol. The monoisotopic (exact) mass is 239 g/mol. The predicted molar refractivity (Wildman–Crippen MR) is 59.0 cm³/mol. The maximum Gasteiger partial charge on any atom is 0.248 e. The summed E-state index contributed by atoms with van der Waals surface area (Å²) in [5.74, 6) is -0.0750. The lowest BCUT2D eigenvalue weighted by Crippen LogP contribution is -2.37. The first-order valence-electron chi connectivity index (χ1n) is 4.87. The molecule has 0 radical (unpaired) electrons. The van der Waals surface area contributed by atoms with Crippen LogP contribution in [0.4, 0.5) is 5.82 Å². The van der Waals surface area contributed by atoms with Crippen LogP contribution in [0.15, 0.2) is 18.3 Å². The van der Waals surface area contributed by atoms with Crippen LogP contribution in [0, 0.1) is 0 Å². The van der Waals surface area contributed by atoms with Crippen LogP contribution in [0.25, 0.3) is 0 Å². The molecular formula is C10H10ClN3O2. The van der Waals surface area contributed by atoms with Gasteiger partial charge in [-0.05, 0) is 18.6 Å². The summed E-state index contributed by atoms with van der Waals surface area (Å²) in [6.45, 7) is 0. The van der Waals surface area contributed by atoms with Gasteiger partial charge >= 0.3 is 0 Å². The van der Waals surface area contributed by atoms with Crippen molar-refractivity contribution in [2.75, 3.05) is 5.32 Å². The van der Waals surface area contributed by atoms with Crippen LogP contribution in [0.1, 0.15) is 12.8 Å². The number of hydrogen-bond donors (Lipinski definition) is 2. The van der Waals surface area contributed by atoms with Crippen molar-refractivity contribution in [3.8, 4) is 0 Å². The minimum absolute atomic E-state index is 0.104. The Bertz CT molecular complexity index is 436. The highest BCUT2D eigenvalue weighted by molar-refractivity contribution is 6.33. The van der Waals surface area contributed by atoms with Crippen molar-refractivity contribution in [3.63, 3.8) is 0 Å². The van der Waals surface area contributed by atoms with Crippen LogP contribution in [0.3, 0.4) is 0 Å². The average Bonchev–Trinajstić information content (AvgIpc) is 2.68. The Hall–Kier alpha value is -1.62. The minimum Gasteiger partial charge on any atom is -0.344 e. The van der Waals surface area contributed by atoms with Gasteiger partial charge in [0.05, 0.1) is 5.02 Å². The van der Waals surface area contributed by atoms with Crippen molar-refractivity contribution in [2.45, 2.75) is 18.9 Å². The van der Waals surface area contributed by atoms with Crippen LogP contribution in [-0.4, -0.2) is 22.8 Å². The predicted octanol–water partition coefficient (Wildman–Crippen LogP) is 0.952. The van der Waals surface area contributed by atoms with Gasteiger partial charge in [0.25, 0.3) is 0 Å². The minimum atomic E-state index is -0.481. The molecule has 0 spiro atoms. The molecule has 1 aromatic heterocycles. The van der Waals surface area contributed by atoms with Crippen molar-refractivity contribution >= 4 is 29.2 Å². The van der Waals surface area contributed by atoms with Gasteiger partial charge in [-0.25, -0.2) is 4.98 Å². The third-order valence-corrected chi connectivity index (χ3v) is 2.62. The molecule has 1 unspecified atom stereocenters. The first kappa shape index (κ1) is 10.9. The van der Waals surface area contributed by atoms with Crippen molar-refractivity contribution in [2.24, 2.45) is 0 Å². The van der Waals surface area contributed by atoms with Crippen LogP contribution in [0.2, 0.25) is 5.02 Å². The van der Waals surface area contributed by atoms with Crippen LogP contribution in [0.5, 0.6) is 0 Å². The molecule has 1 fully saturated rings.